The highest BCUT2D eigenvalue weighted by Gasteiger charge is 2.33. The monoisotopic (exact) mass is 1160 g/mol. The van der Waals surface area contributed by atoms with Crippen LogP contribution in [0.15, 0.2) is 135 Å². The standard InChI is InChI=1S/C23H23N5O2.C22H29N5O2.C20H25N5O2/c29-23(30)8-10-28-14-17(13-25-28)26-16-11-21-19(7-9-24-21)22(12-16)27-20-6-5-15-3-1-2-4-18(15)20;1-15(16-5-6-16)25(3)21-12-17(11-20-19(21)7-9-24(20)2)26(4)18-13-23-27(14-18)10-8-22(28)29;1-13(14-3-4-14)24(2)19-10-15(9-18-17(19)5-7-21-18)23-16-11-22-25(12-16)8-6-20(26)27/h1-4,7,9,11-14,20,24,26-27H,5-6,8,10H2,(H,29,30);7,9,11-16H,5-6,8,10H2,1-4H3,(H,28,29);5,7,9-14,21,23H,3-4,6,8H2,1-2H3,(H,26,27). The predicted octanol–water partition coefficient (Wildman–Crippen LogP) is 12.4. The minimum absolute atomic E-state index is 0.0481. The van der Waals surface area contributed by atoms with Gasteiger partial charge in [-0.15, -0.1) is 0 Å². The Kier molecular flexibility index (Phi) is 17.1. The van der Waals surface area contributed by atoms with Gasteiger partial charge >= 0.3 is 17.9 Å². The van der Waals surface area contributed by atoms with Crippen molar-refractivity contribution in [1.29, 1.82) is 0 Å². The lowest BCUT2D eigenvalue weighted by Crippen LogP contribution is -2.30. The summed E-state index contributed by atoms with van der Waals surface area (Å²) in [4.78, 5) is 45.8. The number of fused-ring (bicyclic) bond motifs is 4. The van der Waals surface area contributed by atoms with Gasteiger partial charge in [0.15, 0.2) is 0 Å². The van der Waals surface area contributed by atoms with E-state index >= 15 is 0 Å². The number of aromatic nitrogens is 9. The van der Waals surface area contributed by atoms with Crippen LogP contribution in [0, 0.1) is 11.8 Å². The van der Waals surface area contributed by atoms with E-state index in [9.17, 15) is 14.4 Å². The van der Waals surface area contributed by atoms with Crippen LogP contribution in [-0.4, -0.2) is 110 Å². The molecule has 3 aliphatic rings. The number of anilines is 9. The molecule has 2 fully saturated rings. The van der Waals surface area contributed by atoms with Gasteiger partial charge in [-0.2, -0.15) is 15.3 Å². The molecule has 0 amide bonds. The van der Waals surface area contributed by atoms with Gasteiger partial charge in [-0.1, -0.05) is 24.3 Å². The highest BCUT2D eigenvalue weighted by Crippen LogP contribution is 2.42. The van der Waals surface area contributed by atoms with E-state index in [2.05, 4.69) is 181 Å². The second-order valence-corrected chi connectivity index (χ2v) is 23.2. The molecular formula is C65H77N15O6. The van der Waals surface area contributed by atoms with Crippen LogP contribution < -0.4 is 30.7 Å². The van der Waals surface area contributed by atoms with Crippen molar-refractivity contribution in [1.82, 2.24) is 43.9 Å². The van der Waals surface area contributed by atoms with Crippen molar-refractivity contribution in [3.05, 3.63) is 146 Å². The molecule has 3 unspecified atom stereocenters. The van der Waals surface area contributed by atoms with Crippen LogP contribution in [0.3, 0.4) is 0 Å². The Morgan fingerprint density at radius 1 is 0.605 bits per heavy atom. The van der Waals surface area contributed by atoms with Crippen molar-refractivity contribution in [3.8, 4) is 0 Å². The van der Waals surface area contributed by atoms with E-state index < -0.39 is 17.9 Å². The maximum Gasteiger partial charge on any atom is 0.305 e. The second-order valence-electron chi connectivity index (χ2n) is 23.2. The van der Waals surface area contributed by atoms with Crippen LogP contribution in [0.25, 0.3) is 32.7 Å². The summed E-state index contributed by atoms with van der Waals surface area (Å²) < 4.78 is 7.12. The lowest BCUT2D eigenvalue weighted by atomic mass is 10.1. The number of aryl methyl sites for hydroxylation is 5. The summed E-state index contributed by atoms with van der Waals surface area (Å²) in [6.07, 6.45) is 24.4. The van der Waals surface area contributed by atoms with Gasteiger partial charge in [0.25, 0.3) is 0 Å². The third-order valence-electron chi connectivity index (χ3n) is 17.2. The zero-order valence-electron chi connectivity index (χ0n) is 49.6. The molecule has 448 valence electrons. The third-order valence-corrected chi connectivity index (χ3v) is 17.2. The molecule has 6 aromatic heterocycles. The molecule has 2 saturated carbocycles. The largest absolute Gasteiger partial charge is 0.481 e. The summed E-state index contributed by atoms with van der Waals surface area (Å²) >= 11 is 0. The highest BCUT2D eigenvalue weighted by molar-refractivity contribution is 5.98. The first-order valence-electron chi connectivity index (χ1n) is 29.6. The van der Waals surface area contributed by atoms with E-state index in [-0.39, 0.29) is 19.3 Å². The number of aromatic amines is 2. The minimum Gasteiger partial charge on any atom is -0.481 e. The molecule has 86 heavy (non-hydrogen) atoms. The first-order valence-corrected chi connectivity index (χ1v) is 29.6. The number of carboxylic acid groups (broad SMARTS) is 3. The molecule has 10 aromatic rings. The van der Waals surface area contributed by atoms with Crippen LogP contribution in [-0.2, 0) is 47.5 Å². The lowest BCUT2D eigenvalue weighted by molar-refractivity contribution is -0.138. The van der Waals surface area contributed by atoms with Crippen molar-refractivity contribution in [2.75, 3.05) is 51.8 Å². The quantitative estimate of drug-likeness (QED) is 0.0297. The Balaban J connectivity index is 0.000000134. The number of H-pyrrole nitrogens is 2. The Morgan fingerprint density at radius 2 is 1.14 bits per heavy atom. The first-order chi connectivity index (χ1) is 41.5. The number of benzene rings is 4. The van der Waals surface area contributed by atoms with Gasteiger partial charge < -0.3 is 60.5 Å². The molecule has 3 atom stereocenters. The van der Waals surface area contributed by atoms with Crippen LogP contribution in [0.1, 0.15) is 82.4 Å². The Bertz CT molecular complexity index is 4010. The molecule has 13 rings (SSSR count). The molecular weight excluding hydrogens is 1090 g/mol. The predicted molar refractivity (Wildman–Crippen MR) is 340 cm³/mol. The Hall–Kier alpha value is -9.66. The van der Waals surface area contributed by atoms with Gasteiger partial charge in [-0.3, -0.25) is 28.4 Å². The zero-order valence-corrected chi connectivity index (χ0v) is 49.6. The van der Waals surface area contributed by atoms with E-state index in [1.807, 2.05) is 38.0 Å². The summed E-state index contributed by atoms with van der Waals surface area (Å²) in [6, 6.07) is 29.2. The van der Waals surface area contributed by atoms with E-state index in [1.165, 1.54) is 64.5 Å². The van der Waals surface area contributed by atoms with Crippen molar-refractivity contribution < 1.29 is 29.7 Å². The van der Waals surface area contributed by atoms with Crippen molar-refractivity contribution >= 4 is 102 Å². The topological polar surface area (TPSA) is 248 Å². The molecule has 0 aliphatic heterocycles. The maximum atomic E-state index is 10.8. The fourth-order valence-corrected chi connectivity index (χ4v) is 11.7. The van der Waals surface area contributed by atoms with Crippen molar-refractivity contribution in [2.45, 2.75) is 109 Å². The van der Waals surface area contributed by atoms with Gasteiger partial charge in [0.05, 0.1) is 86.1 Å². The fourth-order valence-electron chi connectivity index (χ4n) is 11.7. The SMILES string of the molecule is CC(C1CC1)N(C)c1cc(N(C)c2cnn(CCC(=O)O)c2)cc2c1ccn2C.CC(C1CC1)N(C)c1cc(Nc2cnn(CCC(=O)O)c2)cc2[nH]ccc12.O=C(O)CCn1cc(Nc2cc(NC3CCc4ccccc43)c3cc[nH]c3c2)cn1. The number of nitrogens with zero attached hydrogens (tertiary/aromatic N) is 10. The summed E-state index contributed by atoms with van der Waals surface area (Å²) in [6.45, 7) is 5.69. The number of rotatable bonds is 23. The average molecular weight is 1160 g/mol. The van der Waals surface area contributed by atoms with Crippen LogP contribution in [0.4, 0.5) is 51.2 Å². The molecule has 0 bridgehead atoms. The summed E-state index contributed by atoms with van der Waals surface area (Å²) in [5, 5.41) is 53.5. The summed E-state index contributed by atoms with van der Waals surface area (Å²) in [5.74, 6) is -0.904. The van der Waals surface area contributed by atoms with Crippen molar-refractivity contribution in [2.24, 2.45) is 18.9 Å². The molecule has 21 nitrogen and oxygen atoms in total. The number of hydrogen-bond acceptors (Lipinski definition) is 12. The number of carbonyl (C=O) groups is 3. The third kappa shape index (κ3) is 13.6. The van der Waals surface area contributed by atoms with E-state index in [1.54, 1.807) is 32.6 Å². The van der Waals surface area contributed by atoms with Crippen molar-refractivity contribution in [3.63, 3.8) is 0 Å². The number of nitrogens with one attached hydrogen (secondary N) is 5. The molecule has 8 N–H and O–H groups in total. The molecule has 21 heteroatoms. The summed E-state index contributed by atoms with van der Waals surface area (Å²) in [5.41, 5.74) is 15.3. The smallest absolute Gasteiger partial charge is 0.305 e. The van der Waals surface area contributed by atoms with E-state index in [0.29, 0.717) is 37.8 Å². The molecule has 0 spiro atoms. The molecule has 0 radical (unpaired) electrons. The number of hydrogen-bond donors (Lipinski definition) is 8. The lowest BCUT2D eigenvalue weighted by Gasteiger charge is -2.29. The van der Waals surface area contributed by atoms with Gasteiger partial charge in [-0.05, 0) is 130 Å². The zero-order chi connectivity index (χ0) is 60.2. The van der Waals surface area contributed by atoms with Gasteiger partial charge in [0.2, 0.25) is 0 Å². The molecule has 3 aliphatic carbocycles. The van der Waals surface area contributed by atoms with Gasteiger partial charge in [0, 0.05) is 139 Å². The highest BCUT2D eigenvalue weighted by atomic mass is 16.4. The van der Waals surface area contributed by atoms with E-state index in [4.69, 9.17) is 15.3 Å². The normalized spacial score (nSPS) is 15.1. The Labute approximate surface area is 499 Å². The first kappa shape index (κ1) is 58.1. The molecule has 6 heterocycles. The maximum absolute atomic E-state index is 10.8. The average Bonchev–Trinajstić information content (AvgIpc) is 2.17. The molecule has 0 saturated heterocycles. The van der Waals surface area contributed by atoms with Gasteiger partial charge in [-0.25, -0.2) is 0 Å². The van der Waals surface area contributed by atoms with Crippen LogP contribution in [0.5, 0.6) is 0 Å². The summed E-state index contributed by atoms with van der Waals surface area (Å²) in [7, 11) is 8.46. The minimum atomic E-state index is -0.832. The van der Waals surface area contributed by atoms with E-state index in [0.717, 1.165) is 80.9 Å². The second kappa shape index (κ2) is 25.3. The van der Waals surface area contributed by atoms with Gasteiger partial charge in [0.1, 0.15) is 0 Å². The Morgan fingerprint density at radius 3 is 1.73 bits per heavy atom. The van der Waals surface area contributed by atoms with Crippen LogP contribution >= 0.6 is 0 Å². The number of carboxylic acids is 3. The molecule has 4 aromatic carbocycles. The number of aliphatic carboxylic acids is 3. The van der Waals surface area contributed by atoms with Crippen LogP contribution in [0.2, 0.25) is 0 Å². The fraction of sp³-hybridized carbons (Fsp3) is 0.354.